The van der Waals surface area contributed by atoms with Gasteiger partial charge in [0.15, 0.2) is 0 Å². The zero-order valence-electron chi connectivity index (χ0n) is 27.0. The van der Waals surface area contributed by atoms with E-state index in [1.165, 1.54) is 23.3 Å². The van der Waals surface area contributed by atoms with E-state index in [0.717, 1.165) is 105 Å². The number of rotatable bonds is 7. The Balaban J connectivity index is 1.35. The number of piperidine rings is 1. The lowest BCUT2D eigenvalue weighted by molar-refractivity contribution is -0.133. The van der Waals surface area contributed by atoms with Gasteiger partial charge in [-0.25, -0.2) is 14.8 Å². The highest BCUT2D eigenvalue weighted by Gasteiger charge is 2.31. The number of aryl methyl sites for hydroxylation is 2. The van der Waals surface area contributed by atoms with Gasteiger partial charge in [-0.05, 0) is 101 Å². The minimum absolute atomic E-state index is 0.0632. The summed E-state index contributed by atoms with van der Waals surface area (Å²) in [6.07, 6.45) is 7.61. The predicted octanol–water partition coefficient (Wildman–Crippen LogP) is 7.96. The molecule has 1 N–H and O–H groups in total. The summed E-state index contributed by atoms with van der Waals surface area (Å²) in [7, 11) is 4.06. The highest BCUT2D eigenvalue weighted by Crippen LogP contribution is 2.47. The van der Waals surface area contributed by atoms with Crippen LogP contribution in [-0.2, 0) is 11.3 Å². The number of carboxylic acids is 1. The summed E-state index contributed by atoms with van der Waals surface area (Å²) >= 11 is 3.02. The fourth-order valence-corrected chi connectivity index (χ4v) is 9.51. The van der Waals surface area contributed by atoms with Crippen LogP contribution in [0.3, 0.4) is 0 Å². The van der Waals surface area contributed by atoms with Crippen LogP contribution in [0.5, 0.6) is 0 Å². The number of amides is 1. The first kappa shape index (κ1) is 31.0. The summed E-state index contributed by atoms with van der Waals surface area (Å²) < 4.78 is 3.14. The number of carbonyl (C=O) groups is 2. The third kappa shape index (κ3) is 5.75. The standard InChI is InChI=1S/C36H41N5O3S2/c1-21-34(45-22(2)37-21)28-13-10-24-18-25(11-12-27(24)38-28)33-32(23-8-6-5-7-9-23)35-29(19-30(46-35)36(43)44)41(33)20-31(42)40(4)26-14-16-39(3)17-15-26/h10-13,18-19,23,26H,5-9,14-17,20H2,1-4H3,(H,43,44). The second-order valence-corrected chi connectivity index (χ2v) is 15.4. The Bertz CT molecular complexity index is 1940. The lowest BCUT2D eigenvalue weighted by Crippen LogP contribution is -2.45. The molecule has 0 unspecified atom stereocenters. The fraction of sp³-hybridized carbons (Fsp3) is 0.444. The first-order chi connectivity index (χ1) is 22.2. The lowest BCUT2D eigenvalue weighted by atomic mass is 9.83. The number of benzene rings is 1. The number of likely N-dealkylation sites (N-methyl/N-ethyl adjacent to an activating group) is 1. The van der Waals surface area contributed by atoms with Gasteiger partial charge in [0, 0.05) is 18.5 Å². The third-order valence-corrected chi connectivity index (χ3v) is 12.3. The molecule has 8 nitrogen and oxygen atoms in total. The number of hydrogen-bond donors (Lipinski definition) is 1. The summed E-state index contributed by atoms with van der Waals surface area (Å²) in [6, 6.07) is 12.6. The smallest absolute Gasteiger partial charge is 0.345 e. The summed E-state index contributed by atoms with van der Waals surface area (Å²) in [4.78, 5) is 41.5. The maximum absolute atomic E-state index is 14.0. The molecule has 10 heteroatoms. The number of carboxylic acid groups (broad SMARTS) is 1. The quantitative estimate of drug-likeness (QED) is 0.191. The average molecular weight is 656 g/mol. The van der Waals surface area contributed by atoms with Gasteiger partial charge in [-0.3, -0.25) is 4.79 Å². The molecule has 240 valence electrons. The largest absolute Gasteiger partial charge is 0.477 e. The molecular weight excluding hydrogens is 615 g/mol. The number of thiazole rings is 1. The highest BCUT2D eigenvalue weighted by atomic mass is 32.1. The first-order valence-electron chi connectivity index (χ1n) is 16.4. The van der Waals surface area contributed by atoms with Crippen LogP contribution in [0, 0.1) is 13.8 Å². The van der Waals surface area contributed by atoms with E-state index in [9.17, 15) is 14.7 Å². The number of likely N-dealkylation sites (tertiary alicyclic amines) is 1. The van der Waals surface area contributed by atoms with Crippen LogP contribution >= 0.6 is 22.7 Å². The molecule has 0 spiro atoms. The van der Waals surface area contributed by atoms with Crippen LogP contribution in [0.1, 0.15) is 76.8 Å². The minimum atomic E-state index is -0.919. The Morgan fingerprint density at radius 3 is 2.43 bits per heavy atom. The van der Waals surface area contributed by atoms with Gasteiger partial charge in [0.25, 0.3) is 0 Å². The molecular formula is C36H41N5O3S2. The molecule has 5 heterocycles. The van der Waals surface area contributed by atoms with Crippen LogP contribution in [0.2, 0.25) is 0 Å². The van der Waals surface area contributed by atoms with Crippen molar-refractivity contribution >= 4 is 55.7 Å². The van der Waals surface area contributed by atoms with E-state index in [1.807, 2.05) is 25.8 Å². The van der Waals surface area contributed by atoms with Crippen LogP contribution in [-0.4, -0.2) is 74.5 Å². The molecule has 1 aromatic carbocycles. The van der Waals surface area contributed by atoms with Crippen molar-refractivity contribution in [1.82, 2.24) is 24.3 Å². The molecule has 1 aliphatic carbocycles. The van der Waals surface area contributed by atoms with E-state index < -0.39 is 5.97 Å². The number of aromatic nitrogens is 3. The minimum Gasteiger partial charge on any atom is -0.477 e. The number of pyridine rings is 1. The Morgan fingerprint density at radius 1 is 0.978 bits per heavy atom. The highest BCUT2D eigenvalue weighted by molar-refractivity contribution is 7.21. The van der Waals surface area contributed by atoms with Crippen LogP contribution in [0.4, 0.5) is 0 Å². The van der Waals surface area contributed by atoms with E-state index in [1.54, 1.807) is 17.4 Å². The molecule has 0 bridgehead atoms. The fourth-order valence-electron chi connectivity index (χ4n) is 7.50. The Hall–Kier alpha value is -3.60. The van der Waals surface area contributed by atoms with Crippen molar-refractivity contribution in [2.75, 3.05) is 27.2 Å². The van der Waals surface area contributed by atoms with Crippen molar-refractivity contribution in [2.24, 2.45) is 0 Å². The summed E-state index contributed by atoms with van der Waals surface area (Å²) in [5.74, 6) is -0.533. The van der Waals surface area contributed by atoms with Crippen molar-refractivity contribution in [2.45, 2.75) is 77.3 Å². The van der Waals surface area contributed by atoms with Gasteiger partial charge in [-0.1, -0.05) is 31.4 Å². The lowest BCUT2D eigenvalue weighted by Gasteiger charge is -2.35. The van der Waals surface area contributed by atoms with Gasteiger partial charge in [-0.2, -0.15) is 0 Å². The molecule has 1 amide bonds. The molecule has 0 radical (unpaired) electrons. The molecule has 2 fully saturated rings. The number of fused-ring (bicyclic) bond motifs is 2. The number of aromatic carboxylic acids is 1. The van der Waals surface area contributed by atoms with E-state index in [4.69, 9.17) is 4.98 Å². The second-order valence-electron chi connectivity index (χ2n) is 13.1. The molecule has 2 aliphatic rings. The summed E-state index contributed by atoms with van der Waals surface area (Å²) in [5.41, 5.74) is 7.00. The summed E-state index contributed by atoms with van der Waals surface area (Å²) in [5, 5.41) is 12.1. The average Bonchev–Trinajstić information content (AvgIpc) is 3.73. The third-order valence-electron chi connectivity index (χ3n) is 10.0. The van der Waals surface area contributed by atoms with Crippen LogP contribution < -0.4 is 0 Å². The first-order valence-corrected chi connectivity index (χ1v) is 18.0. The second kappa shape index (κ2) is 12.5. The Morgan fingerprint density at radius 2 is 1.74 bits per heavy atom. The maximum atomic E-state index is 14.0. The van der Waals surface area contributed by atoms with Gasteiger partial charge < -0.3 is 19.5 Å². The van der Waals surface area contributed by atoms with E-state index in [-0.39, 0.29) is 18.5 Å². The van der Waals surface area contributed by atoms with Crippen molar-refractivity contribution < 1.29 is 14.7 Å². The van der Waals surface area contributed by atoms with Gasteiger partial charge >= 0.3 is 5.97 Å². The van der Waals surface area contributed by atoms with Crippen molar-refractivity contribution in [3.8, 4) is 21.8 Å². The molecule has 1 saturated heterocycles. The number of carbonyl (C=O) groups excluding carboxylic acids is 1. The van der Waals surface area contributed by atoms with Crippen molar-refractivity contribution in [3.05, 3.63) is 57.5 Å². The molecule has 1 aliphatic heterocycles. The molecule has 5 aromatic rings. The monoisotopic (exact) mass is 655 g/mol. The summed E-state index contributed by atoms with van der Waals surface area (Å²) in [6.45, 7) is 6.19. The van der Waals surface area contributed by atoms with Crippen molar-refractivity contribution in [3.63, 3.8) is 0 Å². The number of thiophene rings is 1. The Labute approximate surface area is 277 Å². The molecule has 7 rings (SSSR count). The zero-order valence-corrected chi connectivity index (χ0v) is 28.6. The topological polar surface area (TPSA) is 91.6 Å². The number of nitrogens with zero attached hydrogens (tertiary/aromatic N) is 5. The van der Waals surface area contributed by atoms with E-state index in [0.29, 0.717) is 10.8 Å². The predicted molar refractivity (Wildman–Crippen MR) is 187 cm³/mol. The van der Waals surface area contributed by atoms with Crippen molar-refractivity contribution in [1.29, 1.82) is 0 Å². The van der Waals surface area contributed by atoms with E-state index >= 15 is 0 Å². The molecule has 1 saturated carbocycles. The van der Waals surface area contributed by atoms with Gasteiger partial charge in [0.05, 0.1) is 42.7 Å². The molecule has 0 atom stereocenters. The maximum Gasteiger partial charge on any atom is 0.345 e. The van der Waals surface area contributed by atoms with Gasteiger partial charge in [0.1, 0.15) is 11.4 Å². The Kier molecular flexibility index (Phi) is 8.46. The zero-order chi connectivity index (χ0) is 32.1. The number of hydrogen-bond acceptors (Lipinski definition) is 7. The van der Waals surface area contributed by atoms with Gasteiger partial charge in [0.2, 0.25) is 5.91 Å². The van der Waals surface area contributed by atoms with Gasteiger partial charge in [-0.15, -0.1) is 22.7 Å². The van der Waals surface area contributed by atoms with Crippen LogP contribution in [0.25, 0.3) is 42.9 Å². The van der Waals surface area contributed by atoms with Crippen LogP contribution in [0.15, 0.2) is 36.4 Å². The SMILES string of the molecule is Cc1nc(C)c(-c2ccc3cc(-c4c(C5CCCCC5)c5sc(C(=O)O)cc5n4CC(=O)N(C)C4CCN(C)CC4)ccc3n2)s1. The molecule has 46 heavy (non-hydrogen) atoms. The molecule has 4 aromatic heterocycles. The van der Waals surface area contributed by atoms with E-state index in [2.05, 4.69) is 51.8 Å². The normalized spacial score (nSPS) is 16.9.